The Hall–Kier alpha value is -2.85. The zero-order chi connectivity index (χ0) is 16.6. The number of rotatable bonds is 4. The van der Waals surface area contributed by atoms with Crippen molar-refractivity contribution in [3.05, 3.63) is 18.7 Å². The van der Waals surface area contributed by atoms with Crippen LogP contribution in [0.15, 0.2) is 18.7 Å². The van der Waals surface area contributed by atoms with Gasteiger partial charge in [-0.3, -0.25) is 4.68 Å². The van der Waals surface area contributed by atoms with Gasteiger partial charge in [0.05, 0.1) is 18.2 Å². The second kappa shape index (κ2) is 5.41. The summed E-state index contributed by atoms with van der Waals surface area (Å²) in [6, 6.07) is 0. The highest BCUT2D eigenvalue weighted by atomic mass is 19.4. The molecule has 11 heteroatoms. The molecule has 0 aliphatic rings. The molecule has 0 aliphatic heterocycles. The van der Waals surface area contributed by atoms with Crippen LogP contribution in [0, 0.1) is 0 Å². The molecule has 0 saturated carbocycles. The zero-order valence-electron chi connectivity index (χ0n) is 12.3. The molecular weight excluding hydrogens is 313 g/mol. The third-order valence-electron chi connectivity index (χ3n) is 2.98. The van der Waals surface area contributed by atoms with Gasteiger partial charge in [-0.05, 0) is 0 Å². The Labute approximate surface area is 128 Å². The Morgan fingerprint density at radius 2 is 2.00 bits per heavy atom. The van der Waals surface area contributed by atoms with Gasteiger partial charge in [-0.2, -0.15) is 28.2 Å². The molecule has 0 aliphatic carbocycles. The van der Waals surface area contributed by atoms with Gasteiger partial charge in [0.2, 0.25) is 5.95 Å². The highest BCUT2D eigenvalue weighted by Crippen LogP contribution is 2.23. The van der Waals surface area contributed by atoms with Gasteiger partial charge in [0.1, 0.15) is 6.54 Å². The van der Waals surface area contributed by atoms with Crippen molar-refractivity contribution in [1.82, 2.24) is 29.3 Å². The van der Waals surface area contributed by atoms with Crippen molar-refractivity contribution in [3.8, 4) is 0 Å². The average molecular weight is 326 g/mol. The largest absolute Gasteiger partial charge is 0.405 e. The number of anilines is 3. The molecule has 23 heavy (non-hydrogen) atoms. The standard InChI is InChI=1S/C12H13F3N8/c1-22-6-17-8-9(16-5-12(13,14)15)20-11(21-10(8)22)19-7-3-18-23(2)4-7/h3-4,6H,5H2,1-2H3,(H2,16,19,20,21). The van der Waals surface area contributed by atoms with Crippen molar-refractivity contribution < 1.29 is 13.2 Å². The first-order chi connectivity index (χ1) is 10.8. The molecule has 3 heterocycles. The molecule has 2 N–H and O–H groups in total. The quantitative estimate of drug-likeness (QED) is 0.761. The number of hydrogen-bond acceptors (Lipinski definition) is 6. The molecule has 0 radical (unpaired) electrons. The molecule has 8 nitrogen and oxygen atoms in total. The highest BCUT2D eigenvalue weighted by molar-refractivity contribution is 5.84. The number of nitrogens with one attached hydrogen (secondary N) is 2. The summed E-state index contributed by atoms with van der Waals surface area (Å²) >= 11 is 0. The van der Waals surface area contributed by atoms with Crippen LogP contribution in [0.4, 0.5) is 30.6 Å². The minimum Gasteiger partial charge on any atom is -0.359 e. The van der Waals surface area contributed by atoms with E-state index in [1.807, 2.05) is 0 Å². The second-order valence-corrected chi connectivity index (χ2v) is 4.92. The van der Waals surface area contributed by atoms with Crippen molar-refractivity contribution >= 4 is 28.6 Å². The fourth-order valence-corrected chi connectivity index (χ4v) is 1.98. The molecule has 0 unspecified atom stereocenters. The topological polar surface area (TPSA) is 85.5 Å². The highest BCUT2D eigenvalue weighted by Gasteiger charge is 2.27. The monoisotopic (exact) mass is 326 g/mol. The first kappa shape index (κ1) is 15.1. The van der Waals surface area contributed by atoms with Crippen LogP contribution in [0.25, 0.3) is 11.2 Å². The molecule has 0 aromatic carbocycles. The van der Waals surface area contributed by atoms with Gasteiger partial charge in [0.25, 0.3) is 0 Å². The van der Waals surface area contributed by atoms with Crippen molar-refractivity contribution in [1.29, 1.82) is 0 Å². The lowest BCUT2D eigenvalue weighted by Crippen LogP contribution is -2.22. The first-order valence-corrected chi connectivity index (χ1v) is 6.57. The van der Waals surface area contributed by atoms with Crippen molar-refractivity contribution in [2.45, 2.75) is 6.18 Å². The summed E-state index contributed by atoms with van der Waals surface area (Å²) < 4.78 is 40.5. The van der Waals surface area contributed by atoms with Gasteiger partial charge < -0.3 is 15.2 Å². The SMILES string of the molecule is Cn1cc(Nc2nc(NCC(F)(F)F)c3ncn(C)c3n2)cn1. The van der Waals surface area contributed by atoms with E-state index in [4.69, 9.17) is 0 Å². The van der Waals surface area contributed by atoms with E-state index in [2.05, 4.69) is 30.7 Å². The second-order valence-electron chi connectivity index (χ2n) is 4.92. The number of nitrogens with zero attached hydrogens (tertiary/aromatic N) is 6. The van der Waals surface area contributed by atoms with E-state index in [1.54, 1.807) is 35.7 Å². The summed E-state index contributed by atoms with van der Waals surface area (Å²) in [6.07, 6.45) is 0.355. The molecule has 0 bridgehead atoms. The van der Waals surface area contributed by atoms with Gasteiger partial charge in [-0.15, -0.1) is 0 Å². The summed E-state index contributed by atoms with van der Waals surface area (Å²) in [5.41, 5.74) is 1.31. The third-order valence-corrected chi connectivity index (χ3v) is 2.98. The Kier molecular flexibility index (Phi) is 3.54. The summed E-state index contributed by atoms with van der Waals surface area (Å²) in [4.78, 5) is 12.4. The van der Waals surface area contributed by atoms with Crippen LogP contribution < -0.4 is 10.6 Å². The van der Waals surface area contributed by atoms with Crippen molar-refractivity contribution in [3.63, 3.8) is 0 Å². The summed E-state index contributed by atoms with van der Waals surface area (Å²) in [6.45, 7) is -1.21. The Morgan fingerprint density at radius 3 is 2.65 bits per heavy atom. The number of aromatic nitrogens is 6. The van der Waals surface area contributed by atoms with Crippen molar-refractivity contribution in [2.75, 3.05) is 17.2 Å². The number of fused-ring (bicyclic) bond motifs is 1. The molecule has 0 saturated heterocycles. The number of hydrogen-bond donors (Lipinski definition) is 2. The van der Waals surface area contributed by atoms with Crippen LogP contribution in [0.2, 0.25) is 0 Å². The molecule has 0 atom stereocenters. The lowest BCUT2D eigenvalue weighted by molar-refractivity contribution is -0.115. The van der Waals surface area contributed by atoms with Gasteiger partial charge in [0, 0.05) is 20.3 Å². The average Bonchev–Trinajstić information content (AvgIpc) is 3.03. The molecule has 0 fully saturated rings. The Morgan fingerprint density at radius 1 is 1.22 bits per heavy atom. The smallest absolute Gasteiger partial charge is 0.359 e. The maximum atomic E-state index is 12.4. The van der Waals surface area contributed by atoms with E-state index < -0.39 is 12.7 Å². The van der Waals surface area contributed by atoms with E-state index in [9.17, 15) is 13.2 Å². The molecular formula is C12H13F3N8. The van der Waals surface area contributed by atoms with Gasteiger partial charge >= 0.3 is 6.18 Å². The number of halogens is 3. The molecule has 122 valence electrons. The lowest BCUT2D eigenvalue weighted by atomic mass is 10.4. The van der Waals surface area contributed by atoms with Crippen LogP contribution in [0.5, 0.6) is 0 Å². The fourth-order valence-electron chi connectivity index (χ4n) is 1.98. The normalized spacial score (nSPS) is 11.9. The maximum absolute atomic E-state index is 12.4. The minimum absolute atomic E-state index is 0.0133. The molecule has 3 aromatic rings. The third kappa shape index (κ3) is 3.33. The number of imidazole rings is 1. The molecule has 0 spiro atoms. The van der Waals surface area contributed by atoms with Crippen LogP contribution >= 0.6 is 0 Å². The number of alkyl halides is 3. The molecule has 0 amide bonds. The van der Waals surface area contributed by atoms with E-state index in [1.165, 1.54) is 6.33 Å². The predicted molar refractivity (Wildman–Crippen MR) is 77.3 cm³/mol. The van der Waals surface area contributed by atoms with Crippen LogP contribution in [0.3, 0.4) is 0 Å². The van der Waals surface area contributed by atoms with Gasteiger partial charge in [-0.1, -0.05) is 0 Å². The molecule has 3 rings (SSSR count). The summed E-state index contributed by atoms with van der Waals surface area (Å²) in [5, 5.41) is 9.15. The van der Waals surface area contributed by atoms with E-state index in [-0.39, 0.29) is 17.3 Å². The summed E-state index contributed by atoms with van der Waals surface area (Å²) in [7, 11) is 3.44. The van der Waals surface area contributed by atoms with Crippen LogP contribution in [-0.2, 0) is 14.1 Å². The molecule has 3 aromatic heterocycles. The number of aryl methyl sites for hydroxylation is 2. The van der Waals surface area contributed by atoms with Gasteiger partial charge in [0.15, 0.2) is 17.0 Å². The predicted octanol–water partition coefficient (Wildman–Crippen LogP) is 1.81. The van der Waals surface area contributed by atoms with E-state index in [0.717, 1.165) is 0 Å². The first-order valence-electron chi connectivity index (χ1n) is 6.57. The van der Waals surface area contributed by atoms with Crippen LogP contribution in [-0.4, -0.2) is 42.0 Å². The summed E-state index contributed by atoms with van der Waals surface area (Å²) in [5.74, 6) is 0.165. The zero-order valence-corrected chi connectivity index (χ0v) is 12.3. The van der Waals surface area contributed by atoms with Crippen molar-refractivity contribution in [2.24, 2.45) is 14.1 Å². The minimum atomic E-state index is -4.36. The maximum Gasteiger partial charge on any atom is 0.405 e. The van der Waals surface area contributed by atoms with Gasteiger partial charge in [-0.25, -0.2) is 4.98 Å². The van der Waals surface area contributed by atoms with E-state index in [0.29, 0.717) is 11.3 Å². The van der Waals surface area contributed by atoms with E-state index >= 15 is 0 Å². The Bertz CT molecular complexity index is 835. The fraction of sp³-hybridized carbons (Fsp3) is 0.333. The Balaban J connectivity index is 1.96. The lowest BCUT2D eigenvalue weighted by Gasteiger charge is -2.11. The van der Waals surface area contributed by atoms with Crippen LogP contribution in [0.1, 0.15) is 0 Å².